The van der Waals surface area contributed by atoms with Crippen molar-refractivity contribution >= 4 is 43.5 Å². The number of benzene rings is 2. The molecule has 1 aromatic heterocycles. The second-order valence-electron chi connectivity index (χ2n) is 8.15. The minimum atomic E-state index is -3.57. The largest absolute Gasteiger partial charge is 0.465 e. The molecule has 3 aromatic rings. The number of methoxy groups -OCH3 is 1. The van der Waals surface area contributed by atoms with Gasteiger partial charge in [0.2, 0.25) is 10.0 Å². The van der Waals surface area contributed by atoms with Crippen LogP contribution in [0.4, 0.5) is 0 Å². The number of ether oxygens (including phenoxy) is 1. The van der Waals surface area contributed by atoms with Gasteiger partial charge in [-0.15, -0.1) is 0 Å². The Labute approximate surface area is 196 Å². The van der Waals surface area contributed by atoms with Gasteiger partial charge in [-0.1, -0.05) is 18.3 Å². The molecule has 10 heteroatoms. The second kappa shape index (κ2) is 9.20. The van der Waals surface area contributed by atoms with Gasteiger partial charge in [-0.05, 0) is 61.2 Å². The number of hydrogen-bond acceptors (Lipinski definition) is 6. The lowest BCUT2D eigenvalue weighted by molar-refractivity contribution is 0.0600. The molecule has 0 unspecified atom stereocenters. The van der Waals surface area contributed by atoms with Gasteiger partial charge in [-0.2, -0.15) is 9.30 Å². The molecule has 0 aliphatic carbocycles. The van der Waals surface area contributed by atoms with Crippen LogP contribution in [0.2, 0.25) is 0 Å². The van der Waals surface area contributed by atoms with E-state index in [2.05, 4.69) is 11.9 Å². The van der Waals surface area contributed by atoms with Crippen LogP contribution in [-0.4, -0.2) is 49.4 Å². The minimum absolute atomic E-state index is 0.177. The number of fused-ring (bicyclic) bond motifs is 1. The number of aromatic nitrogens is 1. The number of esters is 1. The van der Waals surface area contributed by atoms with Crippen LogP contribution in [0.15, 0.2) is 52.4 Å². The van der Waals surface area contributed by atoms with Gasteiger partial charge in [0.15, 0.2) is 4.80 Å². The summed E-state index contributed by atoms with van der Waals surface area (Å²) >= 11 is 1.28. The van der Waals surface area contributed by atoms with E-state index in [-0.39, 0.29) is 4.90 Å². The van der Waals surface area contributed by atoms with Crippen LogP contribution in [0, 0.1) is 5.92 Å². The van der Waals surface area contributed by atoms with Gasteiger partial charge in [0.05, 0.1) is 27.8 Å². The maximum Gasteiger partial charge on any atom is 0.337 e. The van der Waals surface area contributed by atoms with Crippen molar-refractivity contribution < 1.29 is 22.7 Å². The highest BCUT2D eigenvalue weighted by Crippen LogP contribution is 2.24. The number of hydrogen-bond donors (Lipinski definition) is 0. The lowest BCUT2D eigenvalue weighted by Gasteiger charge is -2.29. The Morgan fingerprint density at radius 1 is 1.06 bits per heavy atom. The summed E-state index contributed by atoms with van der Waals surface area (Å²) in [6.07, 6.45) is 1.70. The maximum absolute atomic E-state index is 12.9. The molecule has 1 amide bonds. The van der Waals surface area contributed by atoms with Gasteiger partial charge in [0.1, 0.15) is 0 Å². The van der Waals surface area contributed by atoms with Gasteiger partial charge in [0.25, 0.3) is 5.91 Å². The predicted molar refractivity (Wildman–Crippen MR) is 126 cm³/mol. The van der Waals surface area contributed by atoms with E-state index < -0.39 is 21.9 Å². The van der Waals surface area contributed by atoms with Crippen molar-refractivity contribution in [1.29, 1.82) is 0 Å². The quantitative estimate of drug-likeness (QED) is 0.527. The Kier molecular flexibility index (Phi) is 6.51. The summed E-state index contributed by atoms with van der Waals surface area (Å²) in [4.78, 5) is 29.4. The Morgan fingerprint density at radius 2 is 1.70 bits per heavy atom. The first kappa shape index (κ1) is 23.3. The summed E-state index contributed by atoms with van der Waals surface area (Å²) in [5.41, 5.74) is 1.55. The zero-order valence-electron chi connectivity index (χ0n) is 18.6. The Hall–Kier alpha value is -2.82. The summed E-state index contributed by atoms with van der Waals surface area (Å²) in [6, 6.07) is 11.1. The molecule has 1 aliphatic rings. The zero-order chi connectivity index (χ0) is 23.8. The fraction of sp³-hybridized carbons (Fsp3) is 0.348. The van der Waals surface area contributed by atoms with E-state index in [4.69, 9.17) is 4.74 Å². The molecule has 4 rings (SSSR count). The van der Waals surface area contributed by atoms with Crippen LogP contribution >= 0.6 is 11.3 Å². The monoisotopic (exact) mass is 487 g/mol. The standard InChI is InChI=1S/C23H25N3O5S2/c1-15-10-12-26(13-11-15)33(29,30)18-7-4-16(5-8-18)21(27)24-23-25(2)19-9-6-17(22(28)31-3)14-20(19)32-23/h4-9,14-15H,10-13H2,1-3H3. The first-order valence-electron chi connectivity index (χ1n) is 10.6. The highest BCUT2D eigenvalue weighted by molar-refractivity contribution is 7.89. The number of sulfonamides is 1. The molecule has 1 fully saturated rings. The van der Waals surface area contributed by atoms with Crippen molar-refractivity contribution in [2.45, 2.75) is 24.7 Å². The molecule has 174 valence electrons. The van der Waals surface area contributed by atoms with Crippen molar-refractivity contribution in [2.75, 3.05) is 20.2 Å². The van der Waals surface area contributed by atoms with Crippen LogP contribution in [0.25, 0.3) is 10.2 Å². The number of piperidine rings is 1. The van der Waals surface area contributed by atoms with Crippen LogP contribution in [0.3, 0.4) is 0 Å². The molecule has 0 saturated carbocycles. The van der Waals surface area contributed by atoms with Crippen molar-refractivity contribution in [1.82, 2.24) is 8.87 Å². The topological polar surface area (TPSA) is 98.0 Å². The van der Waals surface area contributed by atoms with Gasteiger partial charge in [-0.25, -0.2) is 13.2 Å². The number of rotatable bonds is 4. The molecule has 2 heterocycles. The van der Waals surface area contributed by atoms with Crippen LogP contribution < -0.4 is 4.80 Å². The molecule has 8 nitrogen and oxygen atoms in total. The molecule has 1 aliphatic heterocycles. The highest BCUT2D eigenvalue weighted by Gasteiger charge is 2.28. The Balaban J connectivity index is 1.59. The third-order valence-electron chi connectivity index (χ3n) is 5.91. The zero-order valence-corrected chi connectivity index (χ0v) is 20.3. The number of thiazole rings is 1. The molecule has 0 bridgehead atoms. The SMILES string of the molecule is COC(=O)c1ccc2c(c1)sc(=NC(=O)c1ccc(S(=O)(=O)N3CCC(C)CC3)cc1)n2C. The molecule has 1 saturated heterocycles. The molecular weight excluding hydrogens is 462 g/mol. The smallest absolute Gasteiger partial charge is 0.337 e. The first-order chi connectivity index (χ1) is 15.7. The number of amides is 1. The molecule has 0 radical (unpaired) electrons. The summed E-state index contributed by atoms with van der Waals surface area (Å²) in [5, 5.41) is 0. The summed E-state index contributed by atoms with van der Waals surface area (Å²) < 4.78 is 34.6. The maximum atomic E-state index is 12.9. The molecule has 33 heavy (non-hydrogen) atoms. The van der Waals surface area contributed by atoms with Crippen LogP contribution in [0.1, 0.15) is 40.5 Å². The molecular formula is C23H25N3O5S2. The summed E-state index contributed by atoms with van der Waals surface area (Å²) in [7, 11) is -0.460. The lowest BCUT2D eigenvalue weighted by atomic mass is 10.0. The summed E-state index contributed by atoms with van der Waals surface area (Å²) in [5.74, 6) is -0.377. The highest BCUT2D eigenvalue weighted by atomic mass is 32.2. The average molecular weight is 488 g/mol. The van der Waals surface area contributed by atoms with E-state index in [0.29, 0.717) is 34.9 Å². The van der Waals surface area contributed by atoms with Crippen molar-refractivity contribution in [3.05, 3.63) is 58.4 Å². The second-order valence-corrected chi connectivity index (χ2v) is 11.1. The lowest BCUT2D eigenvalue weighted by Crippen LogP contribution is -2.37. The van der Waals surface area contributed by atoms with Crippen molar-refractivity contribution in [2.24, 2.45) is 18.0 Å². The van der Waals surface area contributed by atoms with E-state index in [9.17, 15) is 18.0 Å². The van der Waals surface area contributed by atoms with Gasteiger partial charge in [0, 0.05) is 25.7 Å². The first-order valence-corrected chi connectivity index (χ1v) is 12.8. The number of nitrogens with zero attached hydrogens (tertiary/aromatic N) is 3. The molecule has 0 N–H and O–H groups in total. The number of carbonyl (C=O) groups excluding carboxylic acids is 2. The van der Waals surface area contributed by atoms with Crippen LogP contribution in [0.5, 0.6) is 0 Å². The molecule has 2 aromatic carbocycles. The molecule has 0 atom stereocenters. The van der Waals surface area contributed by atoms with Crippen LogP contribution in [-0.2, 0) is 21.8 Å². The van der Waals surface area contributed by atoms with Gasteiger partial charge >= 0.3 is 5.97 Å². The van der Waals surface area contributed by atoms with E-state index >= 15 is 0 Å². The normalized spacial score (nSPS) is 16.3. The Morgan fingerprint density at radius 3 is 2.33 bits per heavy atom. The predicted octanol–water partition coefficient (Wildman–Crippen LogP) is 3.19. The number of aryl methyl sites for hydroxylation is 1. The van der Waals surface area contributed by atoms with E-state index in [0.717, 1.165) is 23.1 Å². The minimum Gasteiger partial charge on any atom is -0.465 e. The third-order valence-corrected chi connectivity index (χ3v) is 8.92. The van der Waals surface area contributed by atoms with Crippen molar-refractivity contribution in [3.8, 4) is 0 Å². The number of carbonyl (C=O) groups is 2. The van der Waals surface area contributed by atoms with Crippen molar-refractivity contribution in [3.63, 3.8) is 0 Å². The van der Waals surface area contributed by atoms with Gasteiger partial charge in [-0.3, -0.25) is 4.79 Å². The summed E-state index contributed by atoms with van der Waals surface area (Å²) in [6.45, 7) is 3.15. The fourth-order valence-corrected chi connectivity index (χ4v) is 6.31. The third kappa shape index (κ3) is 4.64. The Bertz CT molecular complexity index is 1380. The fourth-order valence-electron chi connectivity index (χ4n) is 3.78. The van der Waals surface area contributed by atoms with Gasteiger partial charge < -0.3 is 9.30 Å². The average Bonchev–Trinajstić information content (AvgIpc) is 3.13. The van der Waals surface area contributed by atoms with E-state index in [1.807, 2.05) is 0 Å². The van der Waals surface area contributed by atoms with E-state index in [1.54, 1.807) is 29.8 Å². The van der Waals surface area contributed by atoms with E-state index in [1.165, 1.54) is 47.0 Å². The molecule has 0 spiro atoms.